The molecule has 0 saturated heterocycles. The summed E-state index contributed by atoms with van der Waals surface area (Å²) in [5, 5.41) is 7.44. The van der Waals surface area contributed by atoms with Crippen molar-refractivity contribution < 1.29 is 4.21 Å². The van der Waals surface area contributed by atoms with Gasteiger partial charge in [0.1, 0.15) is 5.69 Å². The van der Waals surface area contributed by atoms with Crippen LogP contribution >= 0.6 is 15.9 Å². The lowest BCUT2D eigenvalue weighted by Gasteiger charge is -2.25. The average molecular weight is 376 g/mol. The molecule has 118 valence electrons. The summed E-state index contributed by atoms with van der Waals surface area (Å²) in [6.07, 6.45) is 7.76. The third kappa shape index (κ3) is 4.64. The van der Waals surface area contributed by atoms with Crippen LogP contribution < -0.4 is 10.9 Å². The average Bonchev–Trinajstić information content (AvgIpc) is 2.38. The van der Waals surface area contributed by atoms with Crippen molar-refractivity contribution in [2.45, 2.75) is 45.2 Å². The molecule has 1 aromatic rings. The van der Waals surface area contributed by atoms with Gasteiger partial charge in [0, 0.05) is 35.4 Å². The van der Waals surface area contributed by atoms with Crippen molar-refractivity contribution >= 4 is 32.4 Å². The third-order valence-corrected chi connectivity index (χ3v) is 5.29. The summed E-state index contributed by atoms with van der Waals surface area (Å²) in [5.41, 5.74) is 0.472. The highest BCUT2D eigenvalue weighted by molar-refractivity contribution is 9.10. The van der Waals surface area contributed by atoms with Gasteiger partial charge in [-0.3, -0.25) is 9.00 Å². The summed E-state index contributed by atoms with van der Waals surface area (Å²) in [5.74, 6) is 1.22. The highest BCUT2D eigenvalue weighted by Crippen LogP contribution is 2.27. The SMILES string of the molecule is CC(CCS(C)=O)Nc1c(Br)cnn(CC2CCC2)c1=O. The van der Waals surface area contributed by atoms with Crippen LogP contribution in [-0.4, -0.2) is 32.0 Å². The molecule has 1 aromatic heterocycles. The van der Waals surface area contributed by atoms with Gasteiger partial charge in [-0.05, 0) is 48.0 Å². The van der Waals surface area contributed by atoms with E-state index in [1.807, 2.05) is 6.92 Å². The van der Waals surface area contributed by atoms with Crippen LogP contribution in [0.4, 0.5) is 5.69 Å². The Morgan fingerprint density at radius 2 is 2.29 bits per heavy atom. The van der Waals surface area contributed by atoms with Crippen LogP contribution in [-0.2, 0) is 17.3 Å². The van der Waals surface area contributed by atoms with Gasteiger partial charge in [0.25, 0.3) is 5.56 Å². The first-order chi connectivity index (χ1) is 9.97. The Labute approximate surface area is 136 Å². The number of nitrogens with zero attached hydrogens (tertiary/aromatic N) is 2. The molecule has 0 spiro atoms. The lowest BCUT2D eigenvalue weighted by atomic mass is 9.85. The maximum absolute atomic E-state index is 12.5. The summed E-state index contributed by atoms with van der Waals surface area (Å²) in [6.45, 7) is 2.70. The highest BCUT2D eigenvalue weighted by atomic mass is 79.9. The van der Waals surface area contributed by atoms with E-state index in [-0.39, 0.29) is 11.6 Å². The predicted octanol–water partition coefficient (Wildman–Crippen LogP) is 2.37. The van der Waals surface area contributed by atoms with Crippen LogP contribution in [0.1, 0.15) is 32.6 Å². The fourth-order valence-electron chi connectivity index (χ4n) is 2.31. The Morgan fingerprint density at radius 3 is 2.86 bits per heavy atom. The second kappa shape index (κ2) is 7.54. The van der Waals surface area contributed by atoms with Crippen molar-refractivity contribution in [1.29, 1.82) is 0 Å². The Hall–Kier alpha value is -0.690. The van der Waals surface area contributed by atoms with E-state index in [1.165, 1.54) is 19.3 Å². The molecule has 1 fully saturated rings. The van der Waals surface area contributed by atoms with Gasteiger partial charge >= 0.3 is 0 Å². The lowest BCUT2D eigenvalue weighted by molar-refractivity contribution is 0.262. The van der Waals surface area contributed by atoms with E-state index < -0.39 is 10.8 Å². The van der Waals surface area contributed by atoms with Crippen molar-refractivity contribution in [2.24, 2.45) is 5.92 Å². The second-order valence-electron chi connectivity index (χ2n) is 5.76. The zero-order valence-corrected chi connectivity index (χ0v) is 14.9. The van der Waals surface area contributed by atoms with E-state index in [9.17, 15) is 9.00 Å². The van der Waals surface area contributed by atoms with Crippen LogP contribution in [0, 0.1) is 5.92 Å². The van der Waals surface area contributed by atoms with Crippen molar-refractivity contribution in [3.8, 4) is 0 Å². The van der Waals surface area contributed by atoms with Gasteiger partial charge in [-0.15, -0.1) is 0 Å². The molecule has 0 aliphatic heterocycles. The summed E-state index contributed by atoms with van der Waals surface area (Å²) >= 11 is 3.39. The molecule has 5 nitrogen and oxygen atoms in total. The minimum Gasteiger partial charge on any atom is -0.377 e. The van der Waals surface area contributed by atoms with Crippen molar-refractivity contribution in [2.75, 3.05) is 17.3 Å². The van der Waals surface area contributed by atoms with Crippen LogP contribution in [0.15, 0.2) is 15.5 Å². The Kier molecular flexibility index (Phi) is 5.98. The van der Waals surface area contributed by atoms with E-state index >= 15 is 0 Å². The molecule has 1 aliphatic rings. The molecule has 1 heterocycles. The predicted molar refractivity (Wildman–Crippen MR) is 90.2 cm³/mol. The first-order valence-electron chi connectivity index (χ1n) is 7.29. The number of hydrogen-bond donors (Lipinski definition) is 1. The first-order valence-corrected chi connectivity index (χ1v) is 9.81. The quantitative estimate of drug-likeness (QED) is 0.794. The van der Waals surface area contributed by atoms with Gasteiger partial charge in [-0.1, -0.05) is 6.42 Å². The largest absolute Gasteiger partial charge is 0.377 e. The van der Waals surface area contributed by atoms with Crippen molar-refractivity contribution in [3.05, 3.63) is 21.0 Å². The van der Waals surface area contributed by atoms with Gasteiger partial charge in [0.2, 0.25) is 0 Å². The number of rotatable bonds is 7. The molecular formula is C14H22BrN3O2S. The number of nitrogens with one attached hydrogen (secondary N) is 1. The molecule has 2 atom stereocenters. The number of aromatic nitrogens is 2. The topological polar surface area (TPSA) is 64.0 Å². The first kappa shape index (κ1) is 16.7. The molecule has 7 heteroatoms. The van der Waals surface area contributed by atoms with Crippen LogP contribution in [0.25, 0.3) is 0 Å². The normalized spacial score (nSPS) is 18.0. The maximum Gasteiger partial charge on any atom is 0.291 e. The van der Waals surface area contributed by atoms with Gasteiger partial charge in [0.15, 0.2) is 0 Å². The van der Waals surface area contributed by atoms with E-state index in [4.69, 9.17) is 0 Å². The smallest absolute Gasteiger partial charge is 0.291 e. The summed E-state index contributed by atoms with van der Waals surface area (Å²) in [4.78, 5) is 12.5. The minimum atomic E-state index is -0.808. The summed E-state index contributed by atoms with van der Waals surface area (Å²) in [6, 6.07) is 0.0949. The lowest BCUT2D eigenvalue weighted by Crippen LogP contribution is -2.32. The van der Waals surface area contributed by atoms with Gasteiger partial charge in [-0.2, -0.15) is 5.10 Å². The number of halogens is 1. The monoisotopic (exact) mass is 375 g/mol. The molecule has 0 radical (unpaired) electrons. The fourth-order valence-corrected chi connectivity index (χ4v) is 3.37. The van der Waals surface area contributed by atoms with E-state index in [1.54, 1.807) is 17.1 Å². The summed E-state index contributed by atoms with van der Waals surface area (Å²) < 4.78 is 13.4. The summed E-state index contributed by atoms with van der Waals surface area (Å²) in [7, 11) is -0.808. The molecule has 0 bridgehead atoms. The van der Waals surface area contributed by atoms with E-state index in [0.29, 0.717) is 28.4 Å². The molecule has 0 aromatic carbocycles. The molecule has 1 aliphatic carbocycles. The van der Waals surface area contributed by atoms with Crippen LogP contribution in [0.3, 0.4) is 0 Å². The van der Waals surface area contributed by atoms with Crippen molar-refractivity contribution in [1.82, 2.24) is 9.78 Å². The second-order valence-corrected chi connectivity index (χ2v) is 8.17. The molecule has 2 unspecified atom stereocenters. The van der Waals surface area contributed by atoms with Gasteiger partial charge < -0.3 is 5.32 Å². The Bertz CT molecular complexity index is 572. The molecule has 1 saturated carbocycles. The Morgan fingerprint density at radius 1 is 1.57 bits per heavy atom. The number of hydrogen-bond acceptors (Lipinski definition) is 4. The van der Waals surface area contributed by atoms with E-state index in [0.717, 1.165) is 6.42 Å². The third-order valence-electron chi connectivity index (χ3n) is 3.88. The molecule has 1 N–H and O–H groups in total. The molecule has 0 amide bonds. The Balaban J connectivity index is 2.08. The maximum atomic E-state index is 12.5. The minimum absolute atomic E-state index is 0.0826. The van der Waals surface area contributed by atoms with Gasteiger partial charge in [-0.25, -0.2) is 4.68 Å². The number of anilines is 1. The zero-order chi connectivity index (χ0) is 15.4. The molecule has 2 rings (SSSR count). The standard InChI is InChI=1S/C14H22BrN3O2S/c1-10(6-7-21(2)20)17-13-12(15)8-16-18(14(13)19)9-11-4-3-5-11/h8,10-11,17H,3-7,9H2,1-2H3. The van der Waals surface area contributed by atoms with Gasteiger partial charge in [0.05, 0.1) is 10.7 Å². The molecule has 21 heavy (non-hydrogen) atoms. The molecular weight excluding hydrogens is 354 g/mol. The van der Waals surface area contributed by atoms with E-state index in [2.05, 4.69) is 26.3 Å². The van der Waals surface area contributed by atoms with Crippen LogP contribution in [0.5, 0.6) is 0 Å². The zero-order valence-electron chi connectivity index (χ0n) is 12.5. The highest BCUT2D eigenvalue weighted by Gasteiger charge is 2.20. The van der Waals surface area contributed by atoms with Crippen LogP contribution in [0.2, 0.25) is 0 Å². The fraction of sp³-hybridized carbons (Fsp3) is 0.714. The van der Waals surface area contributed by atoms with Crippen molar-refractivity contribution in [3.63, 3.8) is 0 Å².